The lowest BCUT2D eigenvalue weighted by Crippen LogP contribution is -2.30. The van der Waals surface area contributed by atoms with Gasteiger partial charge in [0.25, 0.3) is 5.56 Å². The lowest BCUT2D eigenvalue weighted by atomic mass is 10.1. The van der Waals surface area contributed by atoms with Crippen molar-refractivity contribution < 1.29 is 9.53 Å². The Morgan fingerprint density at radius 2 is 2.15 bits per heavy atom. The molecule has 0 bridgehead atoms. The van der Waals surface area contributed by atoms with E-state index in [9.17, 15) is 14.4 Å². The van der Waals surface area contributed by atoms with Crippen molar-refractivity contribution in [2.45, 2.75) is 52.3 Å². The number of carbonyl (C=O) groups is 1. The fourth-order valence-electron chi connectivity index (χ4n) is 4.41. The Hall–Kier alpha value is -3.24. The fraction of sp³-hybridized carbons (Fsp3) is 0.391. The number of nitrogens with zero attached hydrogens (tertiary/aromatic N) is 4. The van der Waals surface area contributed by atoms with Crippen LogP contribution in [0.1, 0.15) is 30.9 Å². The van der Waals surface area contributed by atoms with Gasteiger partial charge in [0, 0.05) is 12.3 Å². The van der Waals surface area contributed by atoms with E-state index in [2.05, 4.69) is 10.4 Å². The van der Waals surface area contributed by atoms with Gasteiger partial charge >= 0.3 is 5.69 Å². The van der Waals surface area contributed by atoms with Gasteiger partial charge in [-0.2, -0.15) is 0 Å². The Balaban J connectivity index is 1.55. The van der Waals surface area contributed by atoms with E-state index < -0.39 is 5.69 Å². The second-order valence-electron chi connectivity index (χ2n) is 8.27. The number of nitrogens with one attached hydrogen (secondary N) is 1. The van der Waals surface area contributed by atoms with Crippen molar-refractivity contribution in [2.75, 3.05) is 11.9 Å². The van der Waals surface area contributed by atoms with Crippen molar-refractivity contribution in [1.29, 1.82) is 0 Å². The molecule has 0 unspecified atom stereocenters. The standard InChI is InChI=1S/C23H25N5O4S/c1-3-15-7-4-6-14(2)19(15)24-18(29)13-27-23(31)28-17-9-11-33-20(17)21(30)26(22(28)25-27)12-16-8-5-10-32-16/h4,6-7,9,11,16H,3,5,8,10,12-13H2,1-2H3,(H,24,29)/t16-/m0/s1. The summed E-state index contributed by atoms with van der Waals surface area (Å²) in [6, 6.07) is 7.59. The number of ether oxygens (including phenoxy) is 1. The quantitative estimate of drug-likeness (QED) is 0.470. The van der Waals surface area contributed by atoms with Gasteiger partial charge in [-0.1, -0.05) is 25.1 Å². The Kier molecular flexibility index (Phi) is 5.63. The van der Waals surface area contributed by atoms with Crippen LogP contribution in [0.4, 0.5) is 5.69 Å². The van der Waals surface area contributed by atoms with Crippen LogP contribution < -0.4 is 16.6 Å². The molecule has 10 heteroatoms. The minimum Gasteiger partial charge on any atom is -0.376 e. The van der Waals surface area contributed by atoms with Gasteiger partial charge < -0.3 is 10.1 Å². The normalized spacial score (nSPS) is 16.1. The van der Waals surface area contributed by atoms with E-state index in [1.54, 1.807) is 11.4 Å². The highest BCUT2D eigenvalue weighted by atomic mass is 32.1. The van der Waals surface area contributed by atoms with Crippen LogP contribution in [0.2, 0.25) is 0 Å². The molecule has 9 nitrogen and oxygen atoms in total. The summed E-state index contributed by atoms with van der Waals surface area (Å²) in [5.74, 6) is -0.122. The van der Waals surface area contributed by atoms with Gasteiger partial charge in [-0.25, -0.2) is 13.9 Å². The lowest BCUT2D eigenvalue weighted by molar-refractivity contribution is -0.117. The molecule has 1 N–H and O–H groups in total. The predicted molar refractivity (Wildman–Crippen MR) is 127 cm³/mol. The van der Waals surface area contributed by atoms with E-state index in [0.29, 0.717) is 23.4 Å². The van der Waals surface area contributed by atoms with Crippen molar-refractivity contribution in [3.8, 4) is 0 Å². The molecule has 33 heavy (non-hydrogen) atoms. The van der Waals surface area contributed by atoms with E-state index in [4.69, 9.17) is 4.74 Å². The monoisotopic (exact) mass is 467 g/mol. The molecule has 4 aromatic rings. The zero-order valence-corrected chi connectivity index (χ0v) is 19.4. The van der Waals surface area contributed by atoms with Gasteiger partial charge in [-0.3, -0.25) is 14.2 Å². The molecule has 0 aliphatic carbocycles. The maximum atomic E-state index is 13.3. The lowest BCUT2D eigenvalue weighted by Gasteiger charge is -2.13. The highest BCUT2D eigenvalue weighted by molar-refractivity contribution is 7.17. The Bertz CT molecular complexity index is 1470. The molecule has 1 aliphatic rings. The molecule has 0 saturated carbocycles. The topological polar surface area (TPSA) is 99.6 Å². The molecular weight excluding hydrogens is 442 g/mol. The van der Waals surface area contributed by atoms with Crippen molar-refractivity contribution in [3.05, 3.63) is 61.6 Å². The zero-order chi connectivity index (χ0) is 23.1. The number of thiophene rings is 1. The largest absolute Gasteiger partial charge is 0.376 e. The molecule has 1 fully saturated rings. The van der Waals surface area contributed by atoms with Gasteiger partial charge in [0.05, 0.1) is 18.2 Å². The molecule has 1 aromatic carbocycles. The molecule has 0 radical (unpaired) electrons. The van der Waals surface area contributed by atoms with Crippen molar-refractivity contribution in [3.63, 3.8) is 0 Å². The summed E-state index contributed by atoms with van der Waals surface area (Å²) in [6.07, 6.45) is 2.47. The Labute approximate surface area is 193 Å². The number of hydrogen-bond acceptors (Lipinski definition) is 6. The number of anilines is 1. The first-order chi connectivity index (χ1) is 16.0. The second-order valence-corrected chi connectivity index (χ2v) is 9.19. The van der Waals surface area contributed by atoms with Crippen molar-refractivity contribution in [2.24, 2.45) is 0 Å². The van der Waals surface area contributed by atoms with Crippen LogP contribution in [0.15, 0.2) is 39.2 Å². The number of para-hydroxylation sites is 1. The Morgan fingerprint density at radius 3 is 2.91 bits per heavy atom. The third-order valence-electron chi connectivity index (χ3n) is 6.10. The fourth-order valence-corrected chi connectivity index (χ4v) is 5.23. The van der Waals surface area contributed by atoms with Gasteiger partial charge in [0.15, 0.2) is 0 Å². The molecule has 0 spiro atoms. The average Bonchev–Trinajstić information content (AvgIpc) is 3.54. The second kappa shape index (κ2) is 8.60. The summed E-state index contributed by atoms with van der Waals surface area (Å²) < 4.78 is 10.2. The van der Waals surface area contributed by atoms with Gasteiger partial charge in [0.2, 0.25) is 11.7 Å². The summed E-state index contributed by atoms with van der Waals surface area (Å²) in [7, 11) is 0. The van der Waals surface area contributed by atoms with Crippen molar-refractivity contribution in [1.82, 2.24) is 18.7 Å². The van der Waals surface area contributed by atoms with Crippen LogP contribution in [-0.2, 0) is 29.0 Å². The van der Waals surface area contributed by atoms with E-state index in [1.807, 2.05) is 32.0 Å². The first-order valence-electron chi connectivity index (χ1n) is 11.1. The molecule has 1 aliphatic heterocycles. The smallest absolute Gasteiger partial charge is 0.352 e. The highest BCUT2D eigenvalue weighted by Gasteiger charge is 2.23. The predicted octanol–water partition coefficient (Wildman–Crippen LogP) is 2.56. The highest BCUT2D eigenvalue weighted by Crippen LogP contribution is 2.22. The molecule has 3 aromatic heterocycles. The van der Waals surface area contributed by atoms with Crippen LogP contribution in [0.25, 0.3) is 16.0 Å². The summed E-state index contributed by atoms with van der Waals surface area (Å²) in [4.78, 5) is 39.3. The average molecular weight is 468 g/mol. The molecule has 1 saturated heterocycles. The summed E-state index contributed by atoms with van der Waals surface area (Å²) in [5.41, 5.74) is 2.60. The van der Waals surface area contributed by atoms with Gasteiger partial charge in [-0.15, -0.1) is 16.4 Å². The minimum absolute atomic E-state index is 0.0963. The molecule has 1 atom stereocenters. The maximum Gasteiger partial charge on any atom is 0.352 e. The van der Waals surface area contributed by atoms with E-state index >= 15 is 0 Å². The molecule has 1 amide bonds. The zero-order valence-electron chi connectivity index (χ0n) is 18.5. The maximum absolute atomic E-state index is 13.3. The Morgan fingerprint density at radius 1 is 1.30 bits per heavy atom. The van der Waals surface area contributed by atoms with E-state index in [-0.39, 0.29) is 29.9 Å². The summed E-state index contributed by atoms with van der Waals surface area (Å²) >= 11 is 1.29. The number of hydrogen-bond donors (Lipinski definition) is 1. The van der Waals surface area contributed by atoms with Crippen LogP contribution in [0, 0.1) is 6.92 Å². The van der Waals surface area contributed by atoms with Crippen LogP contribution in [0.3, 0.4) is 0 Å². The molecule has 4 heterocycles. The number of amides is 1. The third-order valence-corrected chi connectivity index (χ3v) is 6.99. The van der Waals surface area contributed by atoms with Gasteiger partial charge in [0.1, 0.15) is 11.2 Å². The van der Waals surface area contributed by atoms with Crippen LogP contribution in [-0.4, -0.2) is 37.4 Å². The van der Waals surface area contributed by atoms with E-state index in [1.165, 1.54) is 20.3 Å². The first-order valence-corrected chi connectivity index (χ1v) is 12.0. The third kappa shape index (κ3) is 3.79. The summed E-state index contributed by atoms with van der Waals surface area (Å²) in [6.45, 7) is 4.69. The van der Waals surface area contributed by atoms with E-state index in [0.717, 1.165) is 40.8 Å². The SMILES string of the molecule is CCc1cccc(C)c1NC(=O)Cn1nc2n(C[C@@H]3CCCO3)c(=O)c3sccc3n2c1=O. The van der Waals surface area contributed by atoms with Crippen LogP contribution >= 0.6 is 11.3 Å². The van der Waals surface area contributed by atoms with Gasteiger partial charge in [-0.05, 0) is 48.8 Å². The minimum atomic E-state index is -0.454. The number of aromatic nitrogens is 4. The van der Waals surface area contributed by atoms with Crippen LogP contribution in [0.5, 0.6) is 0 Å². The molecule has 5 rings (SSSR count). The first kappa shape index (κ1) is 21.6. The van der Waals surface area contributed by atoms with Crippen molar-refractivity contribution >= 4 is 38.9 Å². The molecular formula is C23H25N5O4S. The summed E-state index contributed by atoms with van der Waals surface area (Å²) in [5, 5.41) is 9.12. The number of carbonyl (C=O) groups excluding carboxylic acids is 1. The number of fused-ring (bicyclic) bond motifs is 3. The number of benzene rings is 1. The number of rotatable bonds is 6. The number of aryl methyl sites for hydroxylation is 2. The molecule has 172 valence electrons.